The number of hydrogen-bond donors (Lipinski definition) is 1. The maximum Gasteiger partial charge on any atom is 0.239 e. The molecule has 2 N–H and O–H groups in total. The van der Waals surface area contributed by atoms with Crippen LogP contribution in [-0.4, -0.2) is 24.5 Å². The molecule has 0 aromatic carbocycles. The fourth-order valence-electron chi connectivity index (χ4n) is 1.10. The number of aryl methyl sites for hydroxylation is 1. The molecule has 0 bridgehead atoms. The van der Waals surface area contributed by atoms with E-state index in [0.29, 0.717) is 6.54 Å². The van der Waals surface area contributed by atoms with Crippen molar-refractivity contribution in [3.8, 4) is 0 Å². The minimum Gasteiger partial charge on any atom is -0.367 e. The molecule has 13 heavy (non-hydrogen) atoms. The summed E-state index contributed by atoms with van der Waals surface area (Å²) in [5.74, 6) is 0.288. The van der Waals surface area contributed by atoms with Gasteiger partial charge in [0.25, 0.3) is 0 Å². The van der Waals surface area contributed by atoms with Crippen LogP contribution in [0.4, 0.5) is 5.95 Å². The van der Waals surface area contributed by atoms with Gasteiger partial charge in [-0.05, 0) is 6.07 Å². The van der Waals surface area contributed by atoms with E-state index in [-0.39, 0.29) is 5.95 Å². The van der Waals surface area contributed by atoms with Crippen LogP contribution < -0.4 is 5.73 Å². The number of hydrogen-bond acceptors (Lipinski definition) is 4. The minimum absolute atomic E-state index is 0.288. The number of aromatic nitrogens is 5. The summed E-state index contributed by atoms with van der Waals surface area (Å²) in [5, 5.41) is 8.15. The van der Waals surface area contributed by atoms with E-state index in [2.05, 4.69) is 15.2 Å². The molecule has 6 nitrogen and oxygen atoms in total. The Morgan fingerprint density at radius 3 is 2.85 bits per heavy atom. The molecule has 0 spiro atoms. The number of nitrogens with zero attached hydrogens (tertiary/aromatic N) is 5. The summed E-state index contributed by atoms with van der Waals surface area (Å²) < 4.78 is 3.40. The minimum atomic E-state index is 0.288. The van der Waals surface area contributed by atoms with E-state index < -0.39 is 0 Å². The lowest BCUT2D eigenvalue weighted by atomic mass is 10.4. The van der Waals surface area contributed by atoms with Gasteiger partial charge >= 0.3 is 0 Å². The Balaban J connectivity index is 2.14. The van der Waals surface area contributed by atoms with E-state index >= 15 is 0 Å². The first-order valence-corrected chi connectivity index (χ1v) is 3.87. The zero-order valence-electron chi connectivity index (χ0n) is 7.25. The smallest absolute Gasteiger partial charge is 0.239 e. The summed E-state index contributed by atoms with van der Waals surface area (Å²) in [5.41, 5.74) is 6.31. The second-order valence-corrected chi connectivity index (χ2v) is 2.78. The lowest BCUT2D eigenvalue weighted by molar-refractivity contribution is 0.650. The van der Waals surface area contributed by atoms with Crippen molar-refractivity contribution in [2.75, 3.05) is 5.73 Å². The topological polar surface area (TPSA) is 74.5 Å². The van der Waals surface area contributed by atoms with Crippen LogP contribution in [0.15, 0.2) is 18.6 Å². The Labute approximate surface area is 75.0 Å². The maximum atomic E-state index is 5.37. The van der Waals surface area contributed by atoms with Crippen molar-refractivity contribution in [1.82, 2.24) is 24.5 Å². The molecule has 0 fully saturated rings. The predicted molar refractivity (Wildman–Crippen MR) is 46.7 cm³/mol. The standard InChI is InChI=1S/C7H10N6/c1-12-3-2-6(10-12)4-13-5-9-7(8)11-13/h2-3,5H,4H2,1H3,(H2,8,11). The van der Waals surface area contributed by atoms with E-state index in [1.165, 1.54) is 0 Å². The molecular weight excluding hydrogens is 168 g/mol. The van der Waals surface area contributed by atoms with E-state index in [9.17, 15) is 0 Å². The van der Waals surface area contributed by atoms with Crippen molar-refractivity contribution in [1.29, 1.82) is 0 Å². The Hall–Kier alpha value is -1.85. The zero-order valence-corrected chi connectivity index (χ0v) is 7.25. The summed E-state index contributed by atoms with van der Waals surface area (Å²) >= 11 is 0. The van der Waals surface area contributed by atoms with Crippen LogP contribution in [0.1, 0.15) is 5.69 Å². The van der Waals surface area contributed by atoms with Crippen molar-refractivity contribution in [2.24, 2.45) is 7.05 Å². The molecule has 2 aromatic rings. The molecular formula is C7H10N6. The molecule has 0 saturated carbocycles. The van der Waals surface area contributed by atoms with E-state index in [1.807, 2.05) is 19.3 Å². The van der Waals surface area contributed by atoms with E-state index in [4.69, 9.17) is 5.73 Å². The molecule has 68 valence electrons. The lowest BCUT2D eigenvalue weighted by Crippen LogP contribution is -2.02. The Kier molecular flexibility index (Phi) is 1.73. The predicted octanol–water partition coefficient (Wildman–Crippen LogP) is -0.358. The summed E-state index contributed by atoms with van der Waals surface area (Å²) in [7, 11) is 1.87. The van der Waals surface area contributed by atoms with E-state index in [0.717, 1.165) is 5.69 Å². The van der Waals surface area contributed by atoms with Crippen LogP contribution in [-0.2, 0) is 13.6 Å². The van der Waals surface area contributed by atoms with Crippen LogP contribution in [0.5, 0.6) is 0 Å². The van der Waals surface area contributed by atoms with Gasteiger partial charge in [-0.3, -0.25) is 4.68 Å². The Bertz CT molecular complexity index is 362. The zero-order chi connectivity index (χ0) is 9.26. The SMILES string of the molecule is Cn1ccc(Cn2cnc(N)n2)n1. The molecule has 0 aliphatic rings. The van der Waals surface area contributed by atoms with Gasteiger partial charge in [0.05, 0.1) is 12.2 Å². The average Bonchev–Trinajstić information content (AvgIpc) is 2.62. The molecule has 0 saturated heterocycles. The Morgan fingerprint density at radius 2 is 2.31 bits per heavy atom. The fourth-order valence-corrected chi connectivity index (χ4v) is 1.10. The number of nitrogens with two attached hydrogens (primary N) is 1. The van der Waals surface area contributed by atoms with Crippen LogP contribution in [0.2, 0.25) is 0 Å². The number of rotatable bonds is 2. The van der Waals surface area contributed by atoms with Crippen molar-refractivity contribution in [3.63, 3.8) is 0 Å². The van der Waals surface area contributed by atoms with Gasteiger partial charge in [0.2, 0.25) is 5.95 Å². The molecule has 0 aliphatic heterocycles. The van der Waals surface area contributed by atoms with Gasteiger partial charge in [0.15, 0.2) is 0 Å². The molecule has 2 rings (SSSR count). The average molecular weight is 178 g/mol. The lowest BCUT2D eigenvalue weighted by Gasteiger charge is -1.94. The number of anilines is 1. The molecule has 0 atom stereocenters. The Morgan fingerprint density at radius 1 is 1.46 bits per heavy atom. The largest absolute Gasteiger partial charge is 0.367 e. The summed E-state index contributed by atoms with van der Waals surface area (Å²) in [6, 6.07) is 1.93. The van der Waals surface area contributed by atoms with Crippen LogP contribution >= 0.6 is 0 Å². The third kappa shape index (κ3) is 1.66. The van der Waals surface area contributed by atoms with Crippen LogP contribution in [0.25, 0.3) is 0 Å². The monoisotopic (exact) mass is 178 g/mol. The summed E-state index contributed by atoms with van der Waals surface area (Å²) in [6.45, 7) is 0.602. The van der Waals surface area contributed by atoms with Crippen LogP contribution in [0.3, 0.4) is 0 Å². The van der Waals surface area contributed by atoms with Gasteiger partial charge < -0.3 is 5.73 Å². The highest BCUT2D eigenvalue weighted by atomic mass is 15.4. The first-order chi connectivity index (χ1) is 6.24. The summed E-state index contributed by atoms with van der Waals surface area (Å²) in [6.07, 6.45) is 3.47. The van der Waals surface area contributed by atoms with Crippen LogP contribution in [0, 0.1) is 0 Å². The second kappa shape index (κ2) is 2.89. The van der Waals surface area contributed by atoms with Gasteiger partial charge in [-0.15, -0.1) is 5.10 Å². The quantitative estimate of drug-likeness (QED) is 0.681. The highest BCUT2D eigenvalue weighted by molar-refractivity contribution is 5.10. The van der Waals surface area contributed by atoms with Crippen molar-refractivity contribution in [3.05, 3.63) is 24.3 Å². The third-order valence-corrected chi connectivity index (χ3v) is 1.65. The molecule has 0 radical (unpaired) electrons. The molecule has 2 heterocycles. The second-order valence-electron chi connectivity index (χ2n) is 2.78. The molecule has 0 unspecified atom stereocenters. The van der Waals surface area contributed by atoms with Gasteiger partial charge in [-0.25, -0.2) is 9.67 Å². The summed E-state index contributed by atoms with van der Waals surface area (Å²) in [4.78, 5) is 3.81. The van der Waals surface area contributed by atoms with Gasteiger partial charge in [0, 0.05) is 13.2 Å². The highest BCUT2D eigenvalue weighted by Crippen LogP contribution is 1.98. The van der Waals surface area contributed by atoms with Crippen molar-refractivity contribution >= 4 is 5.95 Å². The third-order valence-electron chi connectivity index (χ3n) is 1.65. The fraction of sp³-hybridized carbons (Fsp3) is 0.286. The first kappa shape index (κ1) is 7.78. The first-order valence-electron chi connectivity index (χ1n) is 3.87. The van der Waals surface area contributed by atoms with E-state index in [1.54, 1.807) is 15.7 Å². The molecule has 0 amide bonds. The number of nitrogen functional groups attached to an aromatic ring is 1. The molecule has 6 heteroatoms. The van der Waals surface area contributed by atoms with Crippen molar-refractivity contribution < 1.29 is 0 Å². The highest BCUT2D eigenvalue weighted by Gasteiger charge is 1.99. The molecule has 2 aromatic heterocycles. The van der Waals surface area contributed by atoms with Crippen molar-refractivity contribution in [2.45, 2.75) is 6.54 Å². The molecule has 0 aliphatic carbocycles. The van der Waals surface area contributed by atoms with Gasteiger partial charge in [0.1, 0.15) is 6.33 Å². The normalized spacial score (nSPS) is 10.5. The van der Waals surface area contributed by atoms with Gasteiger partial charge in [-0.2, -0.15) is 5.10 Å². The maximum absolute atomic E-state index is 5.37. The van der Waals surface area contributed by atoms with Gasteiger partial charge in [-0.1, -0.05) is 0 Å².